The summed E-state index contributed by atoms with van der Waals surface area (Å²) < 4.78 is 12.7. The van der Waals surface area contributed by atoms with Crippen LogP contribution in [0.15, 0.2) is 29.8 Å². The highest BCUT2D eigenvalue weighted by Crippen LogP contribution is 2.32. The third-order valence-electron chi connectivity index (χ3n) is 5.24. The summed E-state index contributed by atoms with van der Waals surface area (Å²) in [5, 5.41) is 6.58. The molecule has 0 bridgehead atoms. The Morgan fingerprint density at radius 2 is 2.07 bits per heavy atom. The number of fused-ring (bicyclic) bond motifs is 1. The monoisotopic (exact) mass is 412 g/mol. The summed E-state index contributed by atoms with van der Waals surface area (Å²) in [7, 11) is 1.64. The van der Waals surface area contributed by atoms with Crippen LogP contribution in [0.2, 0.25) is 0 Å². The second-order valence-corrected chi connectivity index (χ2v) is 8.19. The maximum atomic E-state index is 6.03. The van der Waals surface area contributed by atoms with Crippen molar-refractivity contribution in [3.63, 3.8) is 0 Å². The predicted octanol–water partition coefficient (Wildman–Crippen LogP) is 4.87. The van der Waals surface area contributed by atoms with Crippen LogP contribution >= 0.6 is 11.3 Å². The number of thiophene rings is 1. The molecule has 1 aliphatic rings. The van der Waals surface area contributed by atoms with E-state index in [1.165, 1.54) is 30.6 Å². The zero-order valence-corrected chi connectivity index (χ0v) is 17.9. The molecule has 4 heterocycles. The van der Waals surface area contributed by atoms with E-state index in [0.717, 1.165) is 36.3 Å². The van der Waals surface area contributed by atoms with Gasteiger partial charge in [0, 0.05) is 28.4 Å². The molecule has 7 heteroatoms. The van der Waals surface area contributed by atoms with Gasteiger partial charge >= 0.3 is 0 Å². The molecular weight excluding hydrogens is 384 g/mol. The lowest BCUT2D eigenvalue weighted by Crippen LogP contribution is -2.21. The lowest BCUT2D eigenvalue weighted by Gasteiger charge is -2.16. The van der Waals surface area contributed by atoms with E-state index in [1.54, 1.807) is 24.6 Å². The Balaban J connectivity index is 1.47. The van der Waals surface area contributed by atoms with Crippen molar-refractivity contribution in [2.45, 2.75) is 32.6 Å². The Morgan fingerprint density at radius 1 is 1.21 bits per heavy atom. The van der Waals surface area contributed by atoms with Gasteiger partial charge < -0.3 is 19.7 Å². The van der Waals surface area contributed by atoms with Gasteiger partial charge in [0.25, 0.3) is 0 Å². The molecule has 6 nitrogen and oxygen atoms in total. The van der Waals surface area contributed by atoms with Crippen molar-refractivity contribution in [3.8, 4) is 11.5 Å². The number of nitrogens with zero attached hydrogens (tertiary/aromatic N) is 3. The first-order valence-corrected chi connectivity index (χ1v) is 11.2. The number of nitrogens with one attached hydrogen (secondary N) is 1. The lowest BCUT2D eigenvalue weighted by atomic mass is 10.2. The number of methoxy groups -OCH3 is 1. The molecule has 3 aromatic rings. The van der Waals surface area contributed by atoms with Crippen molar-refractivity contribution in [3.05, 3.63) is 35.5 Å². The normalized spacial score (nSPS) is 14.4. The molecule has 1 N–H and O–H groups in total. The molecule has 4 rings (SSSR count). The van der Waals surface area contributed by atoms with Crippen molar-refractivity contribution in [1.29, 1.82) is 0 Å². The number of likely N-dealkylation sites (tertiary alicyclic amines) is 1. The van der Waals surface area contributed by atoms with E-state index in [1.807, 2.05) is 6.07 Å². The van der Waals surface area contributed by atoms with Crippen LogP contribution in [0.5, 0.6) is 11.5 Å². The molecular formula is C22H28N4O2S. The van der Waals surface area contributed by atoms with E-state index in [9.17, 15) is 0 Å². The van der Waals surface area contributed by atoms with Gasteiger partial charge in [0.15, 0.2) is 11.5 Å². The van der Waals surface area contributed by atoms with Crippen LogP contribution in [-0.2, 0) is 6.42 Å². The first-order chi connectivity index (χ1) is 14.3. The van der Waals surface area contributed by atoms with Crippen molar-refractivity contribution >= 4 is 33.1 Å². The fourth-order valence-corrected chi connectivity index (χ4v) is 4.50. The minimum Gasteiger partial charge on any atom is -0.491 e. The first-order valence-electron chi connectivity index (χ1n) is 10.3. The van der Waals surface area contributed by atoms with Gasteiger partial charge in [-0.05, 0) is 56.3 Å². The van der Waals surface area contributed by atoms with E-state index in [0.29, 0.717) is 23.9 Å². The highest BCUT2D eigenvalue weighted by molar-refractivity contribution is 7.17. The van der Waals surface area contributed by atoms with Crippen molar-refractivity contribution < 1.29 is 9.47 Å². The van der Waals surface area contributed by atoms with E-state index in [4.69, 9.17) is 14.5 Å². The molecule has 1 saturated heterocycles. The second-order valence-electron chi connectivity index (χ2n) is 7.24. The summed E-state index contributed by atoms with van der Waals surface area (Å²) in [4.78, 5) is 11.7. The minimum atomic E-state index is 0.646. The Kier molecular flexibility index (Phi) is 6.46. The smallest absolute Gasteiger partial charge is 0.179 e. The average molecular weight is 413 g/mol. The van der Waals surface area contributed by atoms with E-state index in [2.05, 4.69) is 39.6 Å². The molecule has 0 saturated carbocycles. The van der Waals surface area contributed by atoms with Gasteiger partial charge in [0.2, 0.25) is 0 Å². The summed E-state index contributed by atoms with van der Waals surface area (Å²) in [5.74, 6) is 2.89. The Labute approximate surface area is 175 Å². The van der Waals surface area contributed by atoms with Gasteiger partial charge in [-0.15, -0.1) is 11.3 Å². The van der Waals surface area contributed by atoms with E-state index >= 15 is 0 Å². The van der Waals surface area contributed by atoms with Gasteiger partial charge in [-0.25, -0.2) is 9.97 Å². The molecule has 1 aliphatic heterocycles. The average Bonchev–Trinajstić information content (AvgIpc) is 3.43. The zero-order valence-electron chi connectivity index (χ0n) is 17.1. The SMILES string of the molecule is CCc1cc2sccc2c(Nc2cc(OCCCN3CCCC3)c(OC)cn2)n1. The fourth-order valence-electron chi connectivity index (χ4n) is 3.65. The van der Waals surface area contributed by atoms with Crippen molar-refractivity contribution in [1.82, 2.24) is 14.9 Å². The number of aryl methyl sites for hydroxylation is 1. The number of anilines is 2. The van der Waals surface area contributed by atoms with Crippen LogP contribution in [0.3, 0.4) is 0 Å². The number of ether oxygens (including phenoxy) is 2. The molecule has 29 heavy (non-hydrogen) atoms. The summed E-state index contributed by atoms with van der Waals surface area (Å²) in [5.41, 5.74) is 1.06. The third-order valence-corrected chi connectivity index (χ3v) is 6.10. The van der Waals surface area contributed by atoms with Crippen LogP contribution in [0.25, 0.3) is 10.1 Å². The number of rotatable bonds is 9. The van der Waals surface area contributed by atoms with Gasteiger partial charge in [-0.1, -0.05) is 6.92 Å². The highest BCUT2D eigenvalue weighted by Gasteiger charge is 2.13. The maximum absolute atomic E-state index is 6.03. The second kappa shape index (κ2) is 9.41. The fraction of sp³-hybridized carbons (Fsp3) is 0.455. The lowest BCUT2D eigenvalue weighted by molar-refractivity contribution is 0.254. The largest absolute Gasteiger partial charge is 0.491 e. The zero-order chi connectivity index (χ0) is 20.1. The van der Waals surface area contributed by atoms with E-state index < -0.39 is 0 Å². The standard InChI is InChI=1S/C22H28N4O2S/c1-3-16-13-20-17(7-12-29-20)22(24-16)25-21-14-18(19(27-2)15-23-21)28-11-6-10-26-8-4-5-9-26/h7,12-15H,3-6,8-11H2,1-2H3,(H,23,24,25). The quantitative estimate of drug-likeness (QED) is 0.506. The molecule has 0 unspecified atom stereocenters. The molecule has 0 aromatic carbocycles. The van der Waals surface area contributed by atoms with Crippen LogP contribution in [-0.4, -0.2) is 48.2 Å². The molecule has 0 aliphatic carbocycles. The Hall–Kier alpha value is -2.38. The van der Waals surface area contributed by atoms with Gasteiger partial charge in [-0.3, -0.25) is 0 Å². The summed E-state index contributed by atoms with van der Waals surface area (Å²) in [6.45, 7) is 6.29. The molecule has 3 aromatic heterocycles. The topological polar surface area (TPSA) is 59.5 Å². The Bertz CT molecular complexity index is 953. The van der Waals surface area contributed by atoms with Crippen LogP contribution in [0, 0.1) is 0 Å². The number of aromatic nitrogens is 2. The molecule has 0 radical (unpaired) electrons. The minimum absolute atomic E-state index is 0.646. The van der Waals surface area contributed by atoms with Gasteiger partial charge in [-0.2, -0.15) is 0 Å². The van der Waals surface area contributed by atoms with Crippen molar-refractivity contribution in [2.24, 2.45) is 0 Å². The number of hydrogen-bond acceptors (Lipinski definition) is 7. The van der Waals surface area contributed by atoms with Crippen LogP contribution < -0.4 is 14.8 Å². The van der Waals surface area contributed by atoms with Gasteiger partial charge in [0.1, 0.15) is 11.6 Å². The highest BCUT2D eigenvalue weighted by atomic mass is 32.1. The molecule has 154 valence electrons. The van der Waals surface area contributed by atoms with Crippen molar-refractivity contribution in [2.75, 3.05) is 38.7 Å². The Morgan fingerprint density at radius 3 is 2.86 bits per heavy atom. The summed E-state index contributed by atoms with van der Waals surface area (Å²) in [6.07, 6.45) is 6.23. The molecule has 0 amide bonds. The summed E-state index contributed by atoms with van der Waals surface area (Å²) >= 11 is 1.73. The molecule has 0 atom stereocenters. The first kappa shape index (κ1) is 19.9. The molecule has 1 fully saturated rings. The number of hydrogen-bond donors (Lipinski definition) is 1. The number of pyridine rings is 2. The van der Waals surface area contributed by atoms with Crippen LogP contribution in [0.1, 0.15) is 31.9 Å². The maximum Gasteiger partial charge on any atom is 0.179 e. The van der Waals surface area contributed by atoms with E-state index in [-0.39, 0.29) is 0 Å². The predicted molar refractivity (Wildman–Crippen MR) is 119 cm³/mol. The van der Waals surface area contributed by atoms with Crippen LogP contribution in [0.4, 0.5) is 11.6 Å². The van der Waals surface area contributed by atoms with Gasteiger partial charge in [0.05, 0.1) is 19.9 Å². The summed E-state index contributed by atoms with van der Waals surface area (Å²) in [6, 6.07) is 6.14. The third kappa shape index (κ3) is 4.79. The molecule has 0 spiro atoms.